The maximum absolute atomic E-state index is 12.6. The molecule has 2 aliphatic rings. The third-order valence-electron chi connectivity index (χ3n) is 6.10. The normalized spacial score (nSPS) is 16.7. The van der Waals surface area contributed by atoms with Gasteiger partial charge >= 0.3 is 0 Å². The number of aromatic nitrogens is 3. The number of carbonyl (C=O) groups is 1. The van der Waals surface area contributed by atoms with E-state index in [9.17, 15) is 10.1 Å². The Kier molecular flexibility index (Phi) is 6.63. The quantitative estimate of drug-likeness (QED) is 0.497. The number of ether oxygens (including phenoxy) is 1. The highest BCUT2D eigenvalue weighted by Crippen LogP contribution is 2.32. The zero-order valence-electron chi connectivity index (χ0n) is 19.9. The van der Waals surface area contributed by atoms with Gasteiger partial charge in [-0.1, -0.05) is 18.2 Å². The molecule has 3 aromatic heterocycles. The second kappa shape index (κ2) is 10.3. The van der Waals surface area contributed by atoms with Gasteiger partial charge in [0.15, 0.2) is 0 Å². The Balaban J connectivity index is 1.34. The van der Waals surface area contributed by atoms with Crippen molar-refractivity contribution in [3.05, 3.63) is 102 Å². The summed E-state index contributed by atoms with van der Waals surface area (Å²) in [6, 6.07) is 7.71. The number of nitriles is 1. The number of rotatable bonds is 7. The van der Waals surface area contributed by atoms with E-state index in [4.69, 9.17) is 4.74 Å². The fourth-order valence-corrected chi connectivity index (χ4v) is 4.26. The highest BCUT2D eigenvalue weighted by atomic mass is 16.5. The molecule has 1 atom stereocenters. The van der Waals surface area contributed by atoms with Gasteiger partial charge in [0.2, 0.25) is 5.91 Å². The first kappa shape index (κ1) is 23.1. The molecule has 0 aromatic carbocycles. The topological polar surface area (TPSA) is 104 Å². The third kappa shape index (κ3) is 5.05. The molecule has 8 heteroatoms. The van der Waals surface area contributed by atoms with Crippen molar-refractivity contribution in [3.63, 3.8) is 0 Å². The van der Waals surface area contributed by atoms with Crippen LogP contribution in [0.25, 0.3) is 5.52 Å². The first-order valence-corrected chi connectivity index (χ1v) is 11.9. The van der Waals surface area contributed by atoms with Gasteiger partial charge in [0.25, 0.3) is 0 Å². The number of fused-ring (bicyclic) bond motifs is 1. The molecule has 0 saturated carbocycles. The summed E-state index contributed by atoms with van der Waals surface area (Å²) in [5, 5.41) is 20.5. The van der Waals surface area contributed by atoms with E-state index in [-0.39, 0.29) is 18.4 Å². The van der Waals surface area contributed by atoms with Crippen molar-refractivity contribution in [2.45, 2.75) is 38.7 Å². The van der Waals surface area contributed by atoms with Crippen LogP contribution in [0.4, 0.5) is 11.4 Å². The zero-order chi connectivity index (χ0) is 24.9. The molecule has 0 spiro atoms. The standard InChI is InChI=1S/C28H26N6O2/c1-19-25(33-26(35)15-22-7-5-6-14-30-22)18-34-28(19)27(20(16-29)17-31-34)32-21-10-12-24(13-11-21)36-23-8-3-2-4-9-23/h3,5-12,14,17-18,24,32H,2,4,13,15H2,1H3,(H,33,35). The summed E-state index contributed by atoms with van der Waals surface area (Å²) in [6.45, 7) is 1.90. The van der Waals surface area contributed by atoms with E-state index in [1.807, 2.05) is 43.4 Å². The molecule has 0 aliphatic heterocycles. The summed E-state index contributed by atoms with van der Waals surface area (Å²) in [5.74, 6) is 0.736. The van der Waals surface area contributed by atoms with E-state index in [1.54, 1.807) is 16.9 Å². The number of allylic oxidation sites excluding steroid dienone is 4. The van der Waals surface area contributed by atoms with Crippen LogP contribution in [0.15, 0.2) is 84.7 Å². The lowest BCUT2D eigenvalue weighted by atomic mass is 10.1. The molecule has 0 fully saturated rings. The highest BCUT2D eigenvalue weighted by molar-refractivity contribution is 5.96. The van der Waals surface area contributed by atoms with E-state index in [2.05, 4.69) is 45.0 Å². The van der Waals surface area contributed by atoms with Crippen LogP contribution in [0.1, 0.15) is 36.1 Å². The van der Waals surface area contributed by atoms with Crippen LogP contribution in [0.3, 0.4) is 0 Å². The number of amides is 1. The molecule has 0 bridgehead atoms. The van der Waals surface area contributed by atoms with E-state index in [0.29, 0.717) is 29.1 Å². The van der Waals surface area contributed by atoms with Gasteiger partial charge in [-0.15, -0.1) is 0 Å². The molecule has 0 radical (unpaired) electrons. The smallest absolute Gasteiger partial charge is 0.230 e. The Morgan fingerprint density at radius 1 is 1.28 bits per heavy atom. The zero-order valence-corrected chi connectivity index (χ0v) is 19.9. The number of nitrogens with zero attached hydrogens (tertiary/aromatic N) is 4. The summed E-state index contributed by atoms with van der Waals surface area (Å²) in [4.78, 5) is 16.8. The Morgan fingerprint density at radius 3 is 2.92 bits per heavy atom. The van der Waals surface area contributed by atoms with Crippen LogP contribution < -0.4 is 10.6 Å². The molecule has 1 unspecified atom stereocenters. The van der Waals surface area contributed by atoms with Crippen molar-refractivity contribution < 1.29 is 9.53 Å². The minimum absolute atomic E-state index is 0.0339. The number of pyridine rings is 1. The van der Waals surface area contributed by atoms with Crippen molar-refractivity contribution >= 4 is 22.8 Å². The Hall–Kier alpha value is -4.64. The molecule has 8 nitrogen and oxygen atoms in total. The molecule has 3 heterocycles. The molecule has 2 aliphatic carbocycles. The number of hydrogen-bond donors (Lipinski definition) is 2. The third-order valence-corrected chi connectivity index (χ3v) is 6.10. The van der Waals surface area contributed by atoms with Crippen molar-refractivity contribution in [3.8, 4) is 6.07 Å². The number of aryl methyl sites for hydroxylation is 1. The van der Waals surface area contributed by atoms with Crippen molar-refractivity contribution in [1.29, 1.82) is 5.26 Å². The van der Waals surface area contributed by atoms with Crippen molar-refractivity contribution in [2.75, 3.05) is 10.6 Å². The highest BCUT2D eigenvalue weighted by Gasteiger charge is 2.19. The second-order valence-electron chi connectivity index (χ2n) is 8.67. The lowest BCUT2D eigenvalue weighted by Gasteiger charge is -2.21. The van der Waals surface area contributed by atoms with E-state index < -0.39 is 0 Å². The Labute approximate surface area is 209 Å². The first-order valence-electron chi connectivity index (χ1n) is 11.9. The van der Waals surface area contributed by atoms with Crippen LogP contribution in [0.5, 0.6) is 0 Å². The average Bonchev–Trinajstić information content (AvgIpc) is 3.21. The molecule has 5 rings (SSSR count). The fraction of sp³-hybridized carbons (Fsp3) is 0.214. The average molecular weight is 479 g/mol. The second-order valence-corrected chi connectivity index (χ2v) is 8.67. The fourth-order valence-electron chi connectivity index (χ4n) is 4.26. The van der Waals surface area contributed by atoms with Gasteiger partial charge in [0.1, 0.15) is 17.9 Å². The maximum atomic E-state index is 12.6. The maximum Gasteiger partial charge on any atom is 0.230 e. The molecular weight excluding hydrogens is 452 g/mol. The van der Waals surface area contributed by atoms with Gasteiger partial charge in [-0.25, -0.2) is 4.52 Å². The number of carbonyl (C=O) groups excluding carboxylic acids is 1. The van der Waals surface area contributed by atoms with Crippen LogP contribution in [0.2, 0.25) is 0 Å². The Bertz CT molecular complexity index is 1460. The lowest BCUT2D eigenvalue weighted by Crippen LogP contribution is -2.15. The van der Waals surface area contributed by atoms with Crippen molar-refractivity contribution in [1.82, 2.24) is 14.6 Å². The molecular formula is C28H26N6O2. The SMILES string of the molecule is Cc1c(NC(=O)Cc2ccccn2)cn2ncc(C#N)c(NC3=CCC(OC4=CCCC=C4)C=C3)c12. The van der Waals surface area contributed by atoms with Crippen LogP contribution in [-0.4, -0.2) is 26.6 Å². The van der Waals surface area contributed by atoms with Crippen molar-refractivity contribution in [2.24, 2.45) is 0 Å². The predicted molar refractivity (Wildman–Crippen MR) is 138 cm³/mol. The van der Waals surface area contributed by atoms with Crippen LogP contribution in [0, 0.1) is 18.3 Å². The summed E-state index contributed by atoms with van der Waals surface area (Å²) in [5.41, 5.74) is 4.80. The molecule has 3 aromatic rings. The summed E-state index contributed by atoms with van der Waals surface area (Å²) >= 11 is 0. The van der Waals surface area contributed by atoms with Crippen LogP contribution >= 0.6 is 0 Å². The summed E-state index contributed by atoms with van der Waals surface area (Å²) in [6.07, 6.45) is 20.1. The van der Waals surface area contributed by atoms with Gasteiger partial charge in [0, 0.05) is 29.6 Å². The monoisotopic (exact) mass is 478 g/mol. The number of anilines is 2. The molecule has 180 valence electrons. The molecule has 1 amide bonds. The largest absolute Gasteiger partial charge is 0.486 e. The first-order chi connectivity index (χ1) is 17.6. The van der Waals surface area contributed by atoms with Gasteiger partial charge in [-0.3, -0.25) is 9.78 Å². The molecule has 36 heavy (non-hydrogen) atoms. The number of nitrogens with one attached hydrogen (secondary N) is 2. The van der Waals surface area contributed by atoms with E-state index in [0.717, 1.165) is 35.4 Å². The van der Waals surface area contributed by atoms with Gasteiger partial charge in [0.05, 0.1) is 41.3 Å². The van der Waals surface area contributed by atoms with E-state index in [1.165, 1.54) is 6.20 Å². The molecule has 2 N–H and O–H groups in total. The van der Waals surface area contributed by atoms with Gasteiger partial charge < -0.3 is 15.4 Å². The van der Waals surface area contributed by atoms with E-state index >= 15 is 0 Å². The minimum Gasteiger partial charge on any atom is -0.486 e. The minimum atomic E-state index is -0.172. The van der Waals surface area contributed by atoms with Gasteiger partial charge in [-0.2, -0.15) is 10.4 Å². The van der Waals surface area contributed by atoms with Gasteiger partial charge in [-0.05, 0) is 56.2 Å². The molecule has 0 saturated heterocycles. The Morgan fingerprint density at radius 2 is 2.19 bits per heavy atom. The summed E-state index contributed by atoms with van der Waals surface area (Å²) in [7, 11) is 0. The predicted octanol–water partition coefficient (Wildman–Crippen LogP) is 4.97. The summed E-state index contributed by atoms with van der Waals surface area (Å²) < 4.78 is 7.73. The van der Waals surface area contributed by atoms with Crippen LogP contribution in [-0.2, 0) is 16.0 Å². The number of hydrogen-bond acceptors (Lipinski definition) is 6. The lowest BCUT2D eigenvalue weighted by molar-refractivity contribution is -0.115.